The highest BCUT2D eigenvalue weighted by Crippen LogP contribution is 2.25. The highest BCUT2D eigenvalue weighted by molar-refractivity contribution is 7.86. The van der Waals surface area contributed by atoms with Crippen molar-refractivity contribution in [1.82, 2.24) is 0 Å². The Morgan fingerprint density at radius 3 is 2.50 bits per heavy atom. The van der Waals surface area contributed by atoms with E-state index in [0.29, 0.717) is 10.6 Å². The summed E-state index contributed by atoms with van der Waals surface area (Å²) in [6, 6.07) is 6.82. The minimum atomic E-state index is -4.45. The van der Waals surface area contributed by atoms with E-state index in [0.717, 1.165) is 0 Å². The van der Waals surface area contributed by atoms with E-state index in [1.165, 1.54) is 0 Å². The van der Waals surface area contributed by atoms with Gasteiger partial charge in [-0.25, -0.2) is 0 Å². The summed E-state index contributed by atoms with van der Waals surface area (Å²) in [6.07, 6.45) is 0. The van der Waals surface area contributed by atoms with Gasteiger partial charge in [0.1, 0.15) is 0 Å². The van der Waals surface area contributed by atoms with Crippen LogP contribution < -0.4 is 0 Å². The van der Waals surface area contributed by atoms with Crippen molar-refractivity contribution in [3.8, 4) is 0 Å². The molecular formula is C9H10ClFO2S. The predicted molar refractivity (Wildman–Crippen MR) is 54.8 cm³/mol. The van der Waals surface area contributed by atoms with Crippen molar-refractivity contribution in [2.75, 3.05) is 5.75 Å². The Labute approximate surface area is 87.9 Å². The van der Waals surface area contributed by atoms with E-state index < -0.39 is 21.9 Å². The van der Waals surface area contributed by atoms with Crippen molar-refractivity contribution in [3.63, 3.8) is 0 Å². The van der Waals surface area contributed by atoms with Crippen molar-refractivity contribution in [1.29, 1.82) is 0 Å². The van der Waals surface area contributed by atoms with Gasteiger partial charge in [-0.2, -0.15) is 8.42 Å². The van der Waals surface area contributed by atoms with E-state index in [1.54, 1.807) is 31.2 Å². The van der Waals surface area contributed by atoms with Gasteiger partial charge >= 0.3 is 10.2 Å². The van der Waals surface area contributed by atoms with Crippen molar-refractivity contribution in [3.05, 3.63) is 34.9 Å². The van der Waals surface area contributed by atoms with Crippen LogP contribution in [0.4, 0.5) is 3.89 Å². The van der Waals surface area contributed by atoms with Gasteiger partial charge in [-0.15, -0.1) is 3.89 Å². The first-order valence-electron chi connectivity index (χ1n) is 4.07. The second-order valence-corrected chi connectivity index (χ2v) is 4.95. The van der Waals surface area contributed by atoms with Gasteiger partial charge < -0.3 is 0 Å². The lowest BCUT2D eigenvalue weighted by Gasteiger charge is -2.10. The molecule has 0 bridgehead atoms. The molecule has 0 aliphatic heterocycles. The molecule has 1 aromatic carbocycles. The molecule has 0 aliphatic carbocycles. The first-order chi connectivity index (χ1) is 6.40. The third-order valence-electron chi connectivity index (χ3n) is 1.89. The van der Waals surface area contributed by atoms with E-state index in [1.807, 2.05) is 0 Å². The lowest BCUT2D eigenvalue weighted by Crippen LogP contribution is -2.07. The Morgan fingerprint density at radius 2 is 2.00 bits per heavy atom. The van der Waals surface area contributed by atoms with Crippen LogP contribution in [-0.2, 0) is 10.2 Å². The molecule has 0 aromatic heterocycles. The smallest absolute Gasteiger partial charge is 0.195 e. The van der Waals surface area contributed by atoms with Crippen molar-refractivity contribution >= 4 is 21.8 Å². The van der Waals surface area contributed by atoms with Gasteiger partial charge in [0.2, 0.25) is 0 Å². The topological polar surface area (TPSA) is 34.1 Å². The zero-order valence-corrected chi connectivity index (χ0v) is 9.15. The van der Waals surface area contributed by atoms with E-state index >= 15 is 0 Å². The van der Waals surface area contributed by atoms with Gasteiger partial charge in [-0.1, -0.05) is 36.7 Å². The molecule has 1 aromatic rings. The predicted octanol–water partition coefficient (Wildman–Crippen LogP) is 2.74. The molecule has 0 saturated heterocycles. The van der Waals surface area contributed by atoms with Crippen molar-refractivity contribution in [2.45, 2.75) is 12.8 Å². The average molecular weight is 237 g/mol. The van der Waals surface area contributed by atoms with Crippen molar-refractivity contribution < 1.29 is 12.3 Å². The monoisotopic (exact) mass is 236 g/mol. The van der Waals surface area contributed by atoms with Gasteiger partial charge in [0.15, 0.2) is 0 Å². The molecule has 0 heterocycles. The standard InChI is InChI=1S/C9H10ClFO2S/c1-7(6-14(11,12)13)8-4-2-3-5-9(8)10/h2-5,7H,6H2,1H3. The fourth-order valence-electron chi connectivity index (χ4n) is 1.26. The molecule has 0 radical (unpaired) electrons. The molecule has 78 valence electrons. The Morgan fingerprint density at radius 1 is 1.43 bits per heavy atom. The van der Waals surface area contributed by atoms with Crippen LogP contribution in [0.25, 0.3) is 0 Å². The zero-order chi connectivity index (χ0) is 10.8. The number of rotatable bonds is 3. The molecule has 1 rings (SSSR count). The lowest BCUT2D eigenvalue weighted by molar-refractivity contribution is 0.546. The molecule has 14 heavy (non-hydrogen) atoms. The third-order valence-corrected chi connectivity index (χ3v) is 3.13. The summed E-state index contributed by atoms with van der Waals surface area (Å²) in [5, 5.41) is 0.462. The Balaban J connectivity index is 2.90. The summed E-state index contributed by atoms with van der Waals surface area (Å²) in [5.74, 6) is -0.963. The molecule has 0 spiro atoms. The zero-order valence-electron chi connectivity index (χ0n) is 7.57. The fourth-order valence-corrected chi connectivity index (χ4v) is 2.36. The minimum absolute atomic E-state index is 0.432. The summed E-state index contributed by atoms with van der Waals surface area (Å²) >= 11 is 5.83. The average Bonchev–Trinajstić information content (AvgIpc) is 2.01. The van der Waals surface area contributed by atoms with Gasteiger partial charge in [-0.3, -0.25) is 0 Å². The SMILES string of the molecule is CC(CS(=O)(=O)F)c1ccccc1Cl. The summed E-state index contributed by atoms with van der Waals surface area (Å²) < 4.78 is 33.2. The van der Waals surface area contributed by atoms with Gasteiger partial charge in [0.25, 0.3) is 0 Å². The van der Waals surface area contributed by atoms with Crippen LogP contribution in [-0.4, -0.2) is 14.2 Å². The second-order valence-electron chi connectivity index (χ2n) is 3.13. The third kappa shape index (κ3) is 3.27. The van der Waals surface area contributed by atoms with E-state index in [9.17, 15) is 12.3 Å². The maximum atomic E-state index is 12.4. The van der Waals surface area contributed by atoms with Crippen LogP contribution in [0.15, 0.2) is 24.3 Å². The number of halogens is 2. The van der Waals surface area contributed by atoms with Crippen molar-refractivity contribution in [2.24, 2.45) is 0 Å². The van der Waals surface area contributed by atoms with Crippen LogP contribution in [0.3, 0.4) is 0 Å². The van der Waals surface area contributed by atoms with Crippen LogP contribution in [0, 0.1) is 0 Å². The largest absolute Gasteiger partial charge is 0.303 e. The molecule has 5 heteroatoms. The number of hydrogen-bond donors (Lipinski definition) is 0. The fraction of sp³-hybridized carbons (Fsp3) is 0.333. The summed E-state index contributed by atoms with van der Waals surface area (Å²) in [6.45, 7) is 1.62. The Kier molecular flexibility index (Phi) is 3.50. The normalized spacial score (nSPS) is 13.9. The molecule has 1 atom stereocenters. The molecule has 0 saturated carbocycles. The summed E-state index contributed by atoms with van der Waals surface area (Å²) in [7, 11) is -4.45. The second kappa shape index (κ2) is 4.28. The Bertz CT molecular complexity index is 417. The van der Waals surface area contributed by atoms with E-state index in [4.69, 9.17) is 11.6 Å². The molecule has 0 aliphatic rings. The lowest BCUT2D eigenvalue weighted by atomic mass is 10.0. The first-order valence-corrected chi connectivity index (χ1v) is 6.00. The van der Waals surface area contributed by atoms with Gasteiger partial charge in [0.05, 0.1) is 5.75 Å². The maximum absolute atomic E-state index is 12.4. The summed E-state index contributed by atoms with van der Waals surface area (Å²) in [4.78, 5) is 0. The summed E-state index contributed by atoms with van der Waals surface area (Å²) in [5.41, 5.74) is 0.649. The molecule has 2 nitrogen and oxygen atoms in total. The minimum Gasteiger partial charge on any atom is -0.195 e. The Hall–Kier alpha value is -0.610. The molecule has 0 fully saturated rings. The van der Waals surface area contributed by atoms with Crippen LogP contribution in [0.2, 0.25) is 5.02 Å². The molecule has 0 N–H and O–H groups in total. The molecular weight excluding hydrogens is 227 g/mol. The maximum Gasteiger partial charge on any atom is 0.303 e. The van der Waals surface area contributed by atoms with E-state index in [-0.39, 0.29) is 0 Å². The van der Waals surface area contributed by atoms with Crippen LogP contribution in [0.1, 0.15) is 18.4 Å². The van der Waals surface area contributed by atoms with Crippen LogP contribution >= 0.6 is 11.6 Å². The van der Waals surface area contributed by atoms with E-state index in [2.05, 4.69) is 0 Å². The molecule has 1 unspecified atom stereocenters. The van der Waals surface area contributed by atoms with Gasteiger partial charge in [0, 0.05) is 5.02 Å². The van der Waals surface area contributed by atoms with Crippen LogP contribution in [0.5, 0.6) is 0 Å². The highest BCUT2D eigenvalue weighted by Gasteiger charge is 2.17. The molecule has 0 amide bonds. The van der Waals surface area contributed by atoms with Gasteiger partial charge in [-0.05, 0) is 17.5 Å². The quantitative estimate of drug-likeness (QED) is 0.757. The highest BCUT2D eigenvalue weighted by atomic mass is 35.5. The number of benzene rings is 1. The first kappa shape index (κ1) is 11.5. The number of hydrogen-bond acceptors (Lipinski definition) is 2.